The molecule has 98 valence electrons. The Labute approximate surface area is 108 Å². The molecule has 1 heterocycles. The van der Waals surface area contributed by atoms with Crippen LogP contribution in [0.2, 0.25) is 0 Å². The number of carboxylic acids is 1. The topological polar surface area (TPSA) is 99.6 Å². The van der Waals surface area contributed by atoms with Crippen molar-refractivity contribution >= 4 is 34.3 Å². The number of hydrogen-bond donors (Lipinski definition) is 2. The number of amides is 2. The summed E-state index contributed by atoms with van der Waals surface area (Å²) in [5.41, 5.74) is 0.375. The molecule has 2 N–H and O–H groups in total. The largest absolute Gasteiger partial charge is 0.478 e. The standard InChI is InChI=1S/C10H13N3O4S/c1-5-8(10(16)17)9(18-12-5)13(3)7(15)4-11-6(2)14/h4H2,1-3H3,(H,11,14)(H,16,17). The van der Waals surface area contributed by atoms with Gasteiger partial charge in [-0.2, -0.15) is 4.37 Å². The Hall–Kier alpha value is -1.96. The number of aromatic carboxylic acids is 1. The van der Waals surface area contributed by atoms with Crippen LogP contribution in [0, 0.1) is 6.92 Å². The second-order valence-electron chi connectivity index (χ2n) is 3.62. The molecule has 0 aliphatic carbocycles. The van der Waals surface area contributed by atoms with Gasteiger partial charge in [0.1, 0.15) is 10.6 Å². The van der Waals surface area contributed by atoms with E-state index in [2.05, 4.69) is 9.69 Å². The van der Waals surface area contributed by atoms with Crippen LogP contribution < -0.4 is 10.2 Å². The molecule has 0 saturated carbocycles. The van der Waals surface area contributed by atoms with Crippen molar-refractivity contribution in [2.75, 3.05) is 18.5 Å². The average molecular weight is 271 g/mol. The number of nitrogens with one attached hydrogen (secondary N) is 1. The fourth-order valence-electron chi connectivity index (χ4n) is 1.26. The van der Waals surface area contributed by atoms with E-state index >= 15 is 0 Å². The molecule has 0 aromatic carbocycles. The van der Waals surface area contributed by atoms with Gasteiger partial charge >= 0.3 is 5.97 Å². The van der Waals surface area contributed by atoms with Crippen molar-refractivity contribution in [3.63, 3.8) is 0 Å². The zero-order valence-electron chi connectivity index (χ0n) is 10.2. The van der Waals surface area contributed by atoms with Gasteiger partial charge in [-0.15, -0.1) is 0 Å². The van der Waals surface area contributed by atoms with Crippen molar-refractivity contribution in [2.45, 2.75) is 13.8 Å². The van der Waals surface area contributed by atoms with Crippen molar-refractivity contribution in [1.29, 1.82) is 0 Å². The van der Waals surface area contributed by atoms with E-state index in [0.29, 0.717) is 5.69 Å². The molecule has 2 amide bonds. The molecule has 0 spiro atoms. The molecular formula is C10H13N3O4S. The van der Waals surface area contributed by atoms with E-state index in [4.69, 9.17) is 5.11 Å². The maximum absolute atomic E-state index is 11.7. The van der Waals surface area contributed by atoms with Crippen molar-refractivity contribution in [3.05, 3.63) is 11.3 Å². The summed E-state index contributed by atoms with van der Waals surface area (Å²) in [6.07, 6.45) is 0. The van der Waals surface area contributed by atoms with E-state index in [1.807, 2.05) is 0 Å². The number of hydrogen-bond acceptors (Lipinski definition) is 5. The van der Waals surface area contributed by atoms with Crippen LogP contribution in [0.15, 0.2) is 0 Å². The van der Waals surface area contributed by atoms with Crippen LogP contribution >= 0.6 is 11.5 Å². The average Bonchev–Trinajstić information content (AvgIpc) is 2.66. The molecule has 7 nitrogen and oxygen atoms in total. The van der Waals surface area contributed by atoms with Gasteiger partial charge in [-0.25, -0.2) is 4.79 Å². The van der Waals surface area contributed by atoms with Gasteiger partial charge in [0.15, 0.2) is 0 Å². The lowest BCUT2D eigenvalue weighted by Crippen LogP contribution is -2.37. The molecule has 0 atom stereocenters. The van der Waals surface area contributed by atoms with Gasteiger partial charge in [0.05, 0.1) is 12.2 Å². The highest BCUT2D eigenvalue weighted by molar-refractivity contribution is 7.11. The third-order valence-electron chi connectivity index (χ3n) is 2.23. The summed E-state index contributed by atoms with van der Waals surface area (Å²) in [4.78, 5) is 34.7. The summed E-state index contributed by atoms with van der Waals surface area (Å²) < 4.78 is 3.92. The van der Waals surface area contributed by atoms with Gasteiger partial charge < -0.3 is 15.3 Å². The molecule has 1 aromatic rings. The van der Waals surface area contributed by atoms with E-state index in [-0.39, 0.29) is 23.0 Å². The summed E-state index contributed by atoms with van der Waals surface area (Å²) in [7, 11) is 1.45. The monoisotopic (exact) mass is 271 g/mol. The smallest absolute Gasteiger partial charge is 0.340 e. The van der Waals surface area contributed by atoms with Crippen LogP contribution in [0.5, 0.6) is 0 Å². The minimum atomic E-state index is -1.13. The van der Waals surface area contributed by atoms with Crippen LogP contribution in [-0.4, -0.2) is 40.9 Å². The van der Waals surface area contributed by atoms with Crippen LogP contribution in [0.25, 0.3) is 0 Å². The molecular weight excluding hydrogens is 258 g/mol. The normalized spacial score (nSPS) is 9.94. The first kappa shape index (κ1) is 14.1. The summed E-state index contributed by atoms with van der Waals surface area (Å²) in [6.45, 7) is 2.68. The number of aryl methyl sites for hydroxylation is 1. The van der Waals surface area contributed by atoms with Gasteiger partial charge in [-0.1, -0.05) is 0 Å². The summed E-state index contributed by atoms with van der Waals surface area (Å²) in [5.74, 6) is -1.86. The minimum Gasteiger partial charge on any atom is -0.478 e. The predicted octanol–water partition coefficient (Wildman–Crippen LogP) is 0.249. The number of nitrogens with zero attached hydrogens (tertiary/aromatic N) is 2. The first-order chi connectivity index (χ1) is 8.34. The molecule has 0 aliphatic rings. The first-order valence-electron chi connectivity index (χ1n) is 5.05. The number of likely N-dealkylation sites (N-methyl/N-ethyl adjacent to an activating group) is 1. The van der Waals surface area contributed by atoms with E-state index in [1.54, 1.807) is 6.92 Å². The number of anilines is 1. The molecule has 0 fully saturated rings. The number of rotatable bonds is 4. The highest BCUT2D eigenvalue weighted by Gasteiger charge is 2.23. The zero-order chi connectivity index (χ0) is 13.9. The predicted molar refractivity (Wildman–Crippen MR) is 65.9 cm³/mol. The van der Waals surface area contributed by atoms with Crippen molar-refractivity contribution in [2.24, 2.45) is 0 Å². The lowest BCUT2D eigenvalue weighted by atomic mass is 10.2. The third kappa shape index (κ3) is 3.04. The lowest BCUT2D eigenvalue weighted by molar-refractivity contribution is -0.123. The fraction of sp³-hybridized carbons (Fsp3) is 0.400. The van der Waals surface area contributed by atoms with E-state index in [1.165, 1.54) is 18.9 Å². The van der Waals surface area contributed by atoms with E-state index < -0.39 is 11.9 Å². The maximum atomic E-state index is 11.7. The van der Waals surface area contributed by atoms with Crippen molar-refractivity contribution in [3.8, 4) is 0 Å². The number of aromatic nitrogens is 1. The second-order valence-corrected chi connectivity index (χ2v) is 4.37. The minimum absolute atomic E-state index is 0.0127. The van der Waals surface area contributed by atoms with Crippen molar-refractivity contribution in [1.82, 2.24) is 9.69 Å². The molecule has 0 radical (unpaired) electrons. The second kappa shape index (κ2) is 5.58. The Morgan fingerprint density at radius 1 is 1.44 bits per heavy atom. The highest BCUT2D eigenvalue weighted by Crippen LogP contribution is 2.27. The molecule has 0 aliphatic heterocycles. The van der Waals surface area contributed by atoms with E-state index in [9.17, 15) is 14.4 Å². The molecule has 18 heavy (non-hydrogen) atoms. The van der Waals surface area contributed by atoms with E-state index in [0.717, 1.165) is 11.5 Å². The van der Waals surface area contributed by atoms with Gasteiger partial charge in [-0.3, -0.25) is 9.59 Å². The van der Waals surface area contributed by atoms with Crippen molar-refractivity contribution < 1.29 is 19.5 Å². The van der Waals surface area contributed by atoms with Crippen LogP contribution in [-0.2, 0) is 9.59 Å². The Morgan fingerprint density at radius 2 is 2.06 bits per heavy atom. The number of carbonyl (C=O) groups is 3. The Morgan fingerprint density at radius 3 is 2.56 bits per heavy atom. The quantitative estimate of drug-likeness (QED) is 0.817. The summed E-state index contributed by atoms with van der Waals surface area (Å²) in [5, 5.41) is 11.7. The van der Waals surface area contributed by atoms with Gasteiger partial charge in [0.25, 0.3) is 0 Å². The molecule has 0 unspecified atom stereocenters. The van der Waals surface area contributed by atoms with Gasteiger partial charge in [-0.05, 0) is 18.5 Å². The molecule has 1 aromatic heterocycles. The van der Waals surface area contributed by atoms with Gasteiger partial charge in [0.2, 0.25) is 11.8 Å². The van der Waals surface area contributed by atoms with Gasteiger partial charge in [0, 0.05) is 14.0 Å². The Balaban J connectivity index is 2.90. The number of carboxylic acid groups (broad SMARTS) is 1. The van der Waals surface area contributed by atoms with Crippen LogP contribution in [0.1, 0.15) is 23.0 Å². The number of carbonyl (C=O) groups excluding carboxylic acids is 2. The first-order valence-corrected chi connectivity index (χ1v) is 5.82. The molecule has 1 rings (SSSR count). The molecule has 8 heteroatoms. The lowest BCUT2D eigenvalue weighted by Gasteiger charge is -2.15. The SMILES string of the molecule is CC(=O)NCC(=O)N(C)c1snc(C)c1C(=O)O. The molecule has 0 saturated heterocycles. The van der Waals surface area contributed by atoms with Crippen LogP contribution in [0.4, 0.5) is 5.00 Å². The Kier molecular flexibility index (Phi) is 4.38. The Bertz CT molecular complexity index is 497. The fourth-order valence-corrected chi connectivity index (χ4v) is 2.13. The molecule has 0 bridgehead atoms. The van der Waals surface area contributed by atoms with Crippen LogP contribution in [0.3, 0.4) is 0 Å². The zero-order valence-corrected chi connectivity index (χ0v) is 11.0. The third-order valence-corrected chi connectivity index (χ3v) is 3.24. The maximum Gasteiger partial charge on any atom is 0.340 e. The highest BCUT2D eigenvalue weighted by atomic mass is 32.1. The summed E-state index contributed by atoms with van der Waals surface area (Å²) >= 11 is 0.937. The summed E-state index contributed by atoms with van der Waals surface area (Å²) in [6, 6.07) is 0.